The van der Waals surface area contributed by atoms with Gasteiger partial charge in [0.25, 0.3) is 0 Å². The van der Waals surface area contributed by atoms with Crippen molar-refractivity contribution in [2.75, 3.05) is 19.7 Å². The molecule has 1 atom stereocenters. The van der Waals surface area contributed by atoms with Crippen LogP contribution in [0.3, 0.4) is 0 Å². The summed E-state index contributed by atoms with van der Waals surface area (Å²) in [4.78, 5) is 5.54. The van der Waals surface area contributed by atoms with Crippen LogP contribution in [0.2, 0.25) is 0 Å². The number of benzene rings is 1. The molecule has 3 rings (SSSR count). The molecule has 102 valence electrons. The molecule has 0 spiro atoms. The van der Waals surface area contributed by atoms with Crippen molar-refractivity contribution in [3.63, 3.8) is 0 Å². The fourth-order valence-corrected chi connectivity index (χ4v) is 2.95. The number of hydrogen-bond acceptors (Lipinski definition) is 2. The first-order chi connectivity index (χ1) is 9.28. The van der Waals surface area contributed by atoms with Crippen molar-refractivity contribution < 1.29 is 9.50 Å². The third-order valence-corrected chi connectivity index (χ3v) is 3.84. The Morgan fingerprint density at radius 3 is 3.05 bits per heavy atom. The fraction of sp³-hybridized carbons (Fsp3) is 0.467. The van der Waals surface area contributed by atoms with Gasteiger partial charge in [0, 0.05) is 29.7 Å². The predicted octanol–water partition coefficient (Wildman–Crippen LogP) is 2.25. The third kappa shape index (κ3) is 2.51. The van der Waals surface area contributed by atoms with Gasteiger partial charge in [-0.15, -0.1) is 0 Å². The minimum absolute atomic E-state index is 0.311. The molecule has 0 radical (unpaired) electrons. The minimum atomic E-state index is -1.15. The van der Waals surface area contributed by atoms with Crippen LogP contribution in [-0.4, -0.2) is 40.9 Å². The first-order valence-electron chi connectivity index (χ1n) is 6.83. The number of aliphatic hydroxyl groups is 1. The van der Waals surface area contributed by atoms with Crippen LogP contribution in [0, 0.1) is 0 Å². The molecular formula is C15H19FN2O. The van der Waals surface area contributed by atoms with Crippen molar-refractivity contribution in [3.05, 3.63) is 35.5 Å². The molecule has 1 unspecified atom stereocenters. The lowest BCUT2D eigenvalue weighted by molar-refractivity contribution is 0.123. The van der Waals surface area contributed by atoms with E-state index in [4.69, 9.17) is 5.11 Å². The van der Waals surface area contributed by atoms with Gasteiger partial charge in [-0.05, 0) is 31.0 Å². The summed E-state index contributed by atoms with van der Waals surface area (Å²) in [5.41, 5.74) is 3.73. The Bertz CT molecular complexity index is 566. The Balaban J connectivity index is 1.88. The Morgan fingerprint density at radius 2 is 2.21 bits per heavy atom. The molecule has 0 saturated heterocycles. The molecule has 0 aliphatic carbocycles. The van der Waals surface area contributed by atoms with Crippen molar-refractivity contribution in [3.8, 4) is 0 Å². The van der Waals surface area contributed by atoms with E-state index in [9.17, 15) is 4.39 Å². The number of aliphatic hydroxyl groups excluding tert-OH is 1. The Kier molecular flexibility index (Phi) is 3.53. The van der Waals surface area contributed by atoms with Gasteiger partial charge in [0.2, 0.25) is 0 Å². The summed E-state index contributed by atoms with van der Waals surface area (Å²) in [6.07, 6.45) is 0.921. The van der Waals surface area contributed by atoms with Crippen LogP contribution in [0.25, 0.3) is 10.9 Å². The van der Waals surface area contributed by atoms with Gasteiger partial charge in [0.15, 0.2) is 0 Å². The predicted molar refractivity (Wildman–Crippen MR) is 73.9 cm³/mol. The zero-order valence-electron chi connectivity index (χ0n) is 10.9. The summed E-state index contributed by atoms with van der Waals surface area (Å²) in [5, 5.41) is 10.1. The fourth-order valence-electron chi connectivity index (χ4n) is 2.95. The van der Waals surface area contributed by atoms with E-state index >= 15 is 0 Å². The minimum Gasteiger partial charge on any atom is -0.393 e. The quantitative estimate of drug-likeness (QED) is 0.890. The Labute approximate surface area is 112 Å². The molecule has 0 bridgehead atoms. The number of aromatic nitrogens is 1. The van der Waals surface area contributed by atoms with Gasteiger partial charge in [-0.3, -0.25) is 4.90 Å². The molecular weight excluding hydrogens is 243 g/mol. The lowest BCUT2D eigenvalue weighted by Gasteiger charge is -2.21. The van der Waals surface area contributed by atoms with Gasteiger partial charge in [0.1, 0.15) is 6.17 Å². The van der Waals surface area contributed by atoms with Gasteiger partial charge in [-0.1, -0.05) is 18.2 Å². The van der Waals surface area contributed by atoms with E-state index in [-0.39, 0.29) is 0 Å². The van der Waals surface area contributed by atoms with E-state index < -0.39 is 12.8 Å². The maximum Gasteiger partial charge on any atom is 0.136 e. The highest BCUT2D eigenvalue weighted by molar-refractivity contribution is 5.84. The summed E-state index contributed by atoms with van der Waals surface area (Å²) >= 11 is 0. The smallest absolute Gasteiger partial charge is 0.136 e. The molecule has 2 heterocycles. The Hall–Kier alpha value is -1.39. The van der Waals surface area contributed by atoms with E-state index in [0.717, 1.165) is 31.4 Å². The standard InChI is InChI=1S/C15H19FN2O/c16-11(10-19)8-18-7-3-5-13-12-4-1-2-6-14(12)17-15(13)9-18/h1-2,4,6,11,17,19H,3,5,7-10H2. The number of halogens is 1. The van der Waals surface area contributed by atoms with Crippen molar-refractivity contribution in [2.24, 2.45) is 0 Å². The van der Waals surface area contributed by atoms with Gasteiger partial charge < -0.3 is 10.1 Å². The zero-order valence-corrected chi connectivity index (χ0v) is 10.9. The average Bonchev–Trinajstić information content (AvgIpc) is 2.64. The molecule has 0 fully saturated rings. The van der Waals surface area contributed by atoms with Crippen molar-refractivity contribution in [1.29, 1.82) is 0 Å². The maximum atomic E-state index is 13.3. The molecule has 0 saturated carbocycles. The first kappa shape index (κ1) is 12.6. The summed E-state index contributed by atoms with van der Waals surface area (Å²) in [7, 11) is 0. The van der Waals surface area contributed by atoms with Crippen LogP contribution in [0.5, 0.6) is 0 Å². The SMILES string of the molecule is OCC(F)CN1CCCc2c([nH]c3ccccc23)C1. The number of nitrogens with one attached hydrogen (secondary N) is 1. The van der Waals surface area contributed by atoms with E-state index in [1.165, 1.54) is 16.6 Å². The lowest BCUT2D eigenvalue weighted by atomic mass is 10.1. The van der Waals surface area contributed by atoms with Crippen LogP contribution in [0.4, 0.5) is 4.39 Å². The molecule has 3 nitrogen and oxygen atoms in total. The number of rotatable bonds is 3. The molecule has 2 aromatic rings. The van der Waals surface area contributed by atoms with Gasteiger partial charge >= 0.3 is 0 Å². The third-order valence-electron chi connectivity index (χ3n) is 3.84. The summed E-state index contributed by atoms with van der Waals surface area (Å²) in [6, 6.07) is 8.31. The molecule has 0 amide bonds. The topological polar surface area (TPSA) is 39.3 Å². The number of alkyl halides is 1. The van der Waals surface area contributed by atoms with Gasteiger partial charge in [-0.25, -0.2) is 4.39 Å². The number of aryl methyl sites for hydroxylation is 1. The number of H-pyrrole nitrogens is 1. The van der Waals surface area contributed by atoms with Crippen LogP contribution in [-0.2, 0) is 13.0 Å². The van der Waals surface area contributed by atoms with Crippen molar-refractivity contribution >= 4 is 10.9 Å². The number of hydrogen-bond donors (Lipinski definition) is 2. The maximum absolute atomic E-state index is 13.3. The van der Waals surface area contributed by atoms with Crippen LogP contribution >= 0.6 is 0 Å². The largest absolute Gasteiger partial charge is 0.393 e. The number of aromatic amines is 1. The number of para-hydroxylation sites is 1. The van der Waals surface area contributed by atoms with Crippen LogP contribution in [0.1, 0.15) is 17.7 Å². The second kappa shape index (κ2) is 5.31. The van der Waals surface area contributed by atoms with Gasteiger partial charge in [-0.2, -0.15) is 0 Å². The monoisotopic (exact) mass is 262 g/mol. The molecule has 19 heavy (non-hydrogen) atoms. The van der Waals surface area contributed by atoms with E-state index in [0.29, 0.717) is 6.54 Å². The lowest BCUT2D eigenvalue weighted by Crippen LogP contribution is -2.32. The normalized spacial score (nSPS) is 18.2. The van der Waals surface area contributed by atoms with Gasteiger partial charge in [0.05, 0.1) is 6.61 Å². The highest BCUT2D eigenvalue weighted by Gasteiger charge is 2.20. The molecule has 1 aromatic carbocycles. The second-order valence-electron chi connectivity index (χ2n) is 5.25. The molecule has 4 heteroatoms. The van der Waals surface area contributed by atoms with Crippen molar-refractivity contribution in [2.45, 2.75) is 25.6 Å². The highest BCUT2D eigenvalue weighted by Crippen LogP contribution is 2.27. The molecule has 1 aromatic heterocycles. The number of nitrogens with zero attached hydrogens (tertiary/aromatic N) is 1. The highest BCUT2D eigenvalue weighted by atomic mass is 19.1. The zero-order chi connectivity index (χ0) is 13.2. The summed E-state index contributed by atoms with van der Waals surface area (Å²) in [5.74, 6) is 0. The summed E-state index contributed by atoms with van der Waals surface area (Å²) < 4.78 is 13.3. The molecule has 1 aliphatic rings. The van der Waals surface area contributed by atoms with E-state index in [2.05, 4.69) is 28.1 Å². The Morgan fingerprint density at radius 1 is 1.37 bits per heavy atom. The average molecular weight is 262 g/mol. The second-order valence-corrected chi connectivity index (χ2v) is 5.25. The first-order valence-corrected chi connectivity index (χ1v) is 6.83. The summed E-state index contributed by atoms with van der Waals surface area (Å²) in [6.45, 7) is 1.54. The molecule has 1 aliphatic heterocycles. The van der Waals surface area contributed by atoms with Crippen molar-refractivity contribution in [1.82, 2.24) is 9.88 Å². The van der Waals surface area contributed by atoms with E-state index in [1.807, 2.05) is 6.07 Å². The van der Waals surface area contributed by atoms with Crippen LogP contribution in [0.15, 0.2) is 24.3 Å². The van der Waals surface area contributed by atoms with Crippen LogP contribution < -0.4 is 0 Å². The number of fused-ring (bicyclic) bond motifs is 3. The molecule has 2 N–H and O–H groups in total. The van der Waals surface area contributed by atoms with E-state index in [1.54, 1.807) is 0 Å².